The van der Waals surface area contributed by atoms with Gasteiger partial charge in [0.1, 0.15) is 33.8 Å². The van der Waals surface area contributed by atoms with Gasteiger partial charge in [-0.25, -0.2) is 0 Å². The van der Waals surface area contributed by atoms with Crippen LogP contribution in [0.15, 0.2) is 440 Å². The molecule has 0 atom stereocenters. The lowest BCUT2D eigenvalue weighted by Gasteiger charge is -2.45. The largest absolute Gasteiger partial charge is 0.457 e. The summed E-state index contributed by atoms with van der Waals surface area (Å²) < 4.78 is 22.4. The lowest BCUT2D eigenvalue weighted by molar-refractivity contribution is 0.436. The number of fused-ring (bicyclic) bond motifs is 19. The topological polar surface area (TPSA) is 42.0 Å². The zero-order chi connectivity index (χ0) is 79.4. The highest BCUT2D eigenvalue weighted by molar-refractivity contribution is 7.00. The first-order chi connectivity index (χ1) is 60.0. The number of hydrogen-bond acceptors (Lipinski definition) is 5. The Morgan fingerprint density at radius 3 is 1.02 bits per heavy atom. The van der Waals surface area contributed by atoms with Gasteiger partial charge in [0.25, 0.3) is 6.71 Å². The number of furan rings is 2. The molecule has 0 fully saturated rings. The summed E-state index contributed by atoms with van der Waals surface area (Å²) in [4.78, 5) is 5.33. The molecule has 25 rings (SSSR count). The second-order valence-corrected chi connectivity index (χ2v) is 32.3. The van der Waals surface area contributed by atoms with Gasteiger partial charge >= 0.3 is 0 Å². The van der Waals surface area contributed by atoms with Crippen molar-refractivity contribution in [1.29, 1.82) is 0 Å². The summed E-state index contributed by atoms with van der Waals surface area (Å²) in [5.41, 5.74) is 38.5. The van der Waals surface area contributed by atoms with Crippen molar-refractivity contribution in [1.82, 2.24) is 0 Å². The average Bonchev–Trinajstić information content (AvgIpc) is 1.52. The molecule has 0 amide bonds. The van der Waals surface area contributed by atoms with Gasteiger partial charge in [0.2, 0.25) is 0 Å². The molecule has 562 valence electrons. The lowest BCUT2D eigenvalue weighted by Crippen LogP contribution is -2.61. The van der Waals surface area contributed by atoms with Crippen molar-refractivity contribution in [3.05, 3.63) is 453 Å². The van der Waals surface area contributed by atoms with E-state index in [0.29, 0.717) is 0 Å². The second kappa shape index (κ2) is 27.2. The second-order valence-electron chi connectivity index (χ2n) is 32.3. The predicted molar refractivity (Wildman–Crippen MR) is 501 cm³/mol. The molecule has 19 aromatic carbocycles. The van der Waals surface area contributed by atoms with Crippen LogP contribution in [0, 0.1) is 0 Å². The van der Waals surface area contributed by atoms with Crippen molar-refractivity contribution in [2.45, 2.75) is 5.41 Å². The van der Waals surface area contributed by atoms with Gasteiger partial charge in [-0.15, -0.1) is 0 Å². The first-order valence-corrected chi connectivity index (χ1v) is 41.7. The Labute approximate surface area is 700 Å². The molecule has 0 N–H and O–H groups in total. The Morgan fingerprint density at radius 1 is 0.215 bits per heavy atom. The van der Waals surface area contributed by atoms with E-state index in [1.165, 1.54) is 22.3 Å². The van der Waals surface area contributed by atoms with Crippen molar-refractivity contribution in [3.8, 4) is 123 Å². The maximum absolute atomic E-state index is 7.54. The lowest BCUT2D eigenvalue weighted by atomic mass is 9.33. The third-order valence-corrected chi connectivity index (χ3v) is 25.9. The predicted octanol–water partition coefficient (Wildman–Crippen LogP) is 29.0. The third kappa shape index (κ3) is 10.5. The van der Waals surface area contributed by atoms with Crippen LogP contribution >= 0.6 is 0 Å². The molecule has 0 radical (unpaired) electrons. The molecule has 3 aliphatic heterocycles. The number of ether oxygens (including phenoxy) is 1. The van der Waals surface area contributed by atoms with Crippen LogP contribution in [0.2, 0.25) is 0 Å². The van der Waals surface area contributed by atoms with E-state index in [1.54, 1.807) is 0 Å². The highest BCUT2D eigenvalue weighted by Gasteiger charge is 2.52. The van der Waals surface area contributed by atoms with Gasteiger partial charge in [-0.05, 0) is 201 Å². The molecule has 2 aromatic heterocycles. The summed E-state index contributed by atoms with van der Waals surface area (Å²) in [5.74, 6) is 1.66. The normalized spacial score (nSPS) is 13.0. The fourth-order valence-corrected chi connectivity index (χ4v) is 20.6. The Kier molecular flexibility index (Phi) is 15.4. The van der Waals surface area contributed by atoms with Crippen molar-refractivity contribution >= 4 is 101 Å². The fraction of sp³-hybridized carbons (Fsp3) is 0.00870. The van der Waals surface area contributed by atoms with Crippen molar-refractivity contribution < 1.29 is 13.6 Å². The van der Waals surface area contributed by atoms with Crippen LogP contribution in [0.5, 0.6) is 11.5 Å². The molecule has 1 aliphatic carbocycles. The van der Waals surface area contributed by atoms with Gasteiger partial charge in [-0.3, -0.25) is 0 Å². The van der Waals surface area contributed by atoms with Crippen LogP contribution in [0.4, 0.5) is 34.1 Å². The average molecular weight is 1540 g/mol. The van der Waals surface area contributed by atoms with Crippen molar-refractivity contribution in [3.63, 3.8) is 0 Å². The monoisotopic (exact) mass is 1540 g/mol. The molecule has 5 heterocycles. The number of nitrogens with zero attached hydrogens (tertiary/aromatic N) is 2. The minimum atomic E-state index is -0.758. The molecule has 21 aromatic rings. The van der Waals surface area contributed by atoms with Gasteiger partial charge in [-0.2, -0.15) is 0 Å². The summed E-state index contributed by atoms with van der Waals surface area (Å²) in [7, 11) is 0. The van der Waals surface area contributed by atoms with Gasteiger partial charge in [0, 0.05) is 66.9 Å². The molecule has 0 saturated carbocycles. The summed E-state index contributed by atoms with van der Waals surface area (Å²) in [6.45, 7) is -0.407. The van der Waals surface area contributed by atoms with Crippen LogP contribution in [0.3, 0.4) is 0 Å². The molecule has 0 saturated heterocycles. The maximum atomic E-state index is 7.54. The number of para-hydroxylation sites is 3. The first-order valence-electron chi connectivity index (χ1n) is 41.7. The smallest absolute Gasteiger partial charge is 0.252 e. The number of benzene rings is 19. The van der Waals surface area contributed by atoms with Crippen molar-refractivity contribution in [2.24, 2.45) is 0 Å². The van der Waals surface area contributed by atoms with Gasteiger partial charge < -0.3 is 23.4 Å². The van der Waals surface area contributed by atoms with E-state index in [9.17, 15) is 0 Å². The van der Waals surface area contributed by atoms with Crippen LogP contribution in [-0.2, 0) is 5.41 Å². The number of anilines is 6. The zero-order valence-electron chi connectivity index (χ0n) is 65.7. The molecule has 0 bridgehead atoms. The van der Waals surface area contributed by atoms with E-state index in [-0.39, 0.29) is 0 Å². The maximum Gasteiger partial charge on any atom is 0.252 e. The summed E-state index contributed by atoms with van der Waals surface area (Å²) in [6, 6.07) is 159. The standard InChI is InChI=1S/C115H71BN2O3/c1-8-32-72(33-9-1)80-56-59-100-98(66-80)116-99-67-81(84-63-82(73-34-10-2-11-35-73)62-83(64-84)74-36-12-3-13-37-74)57-60-101(99)118(112-91(76-40-16-5-17-41-76)71-93(78-44-20-7-21-45-78)114-109(112)89-49-25-30-54-105(89)121-114)103-69-85(79-58-61-107-97(65-79)115(96-52-28-31-55-106(96)119-107)94-50-26-22-46-86(94)87-47-23-27-51-95(87)115)68-102(110(103)116)117(100)111-90(75-38-14-4-15-39-75)70-92(77-42-18-6-19-43-77)113-108(111)88-48-24-29-53-104(88)120-113/h1-71H. The van der Waals surface area contributed by atoms with Gasteiger partial charge in [0.15, 0.2) is 0 Å². The Morgan fingerprint density at radius 2 is 0.554 bits per heavy atom. The summed E-state index contributed by atoms with van der Waals surface area (Å²) >= 11 is 0. The minimum Gasteiger partial charge on any atom is -0.457 e. The highest BCUT2D eigenvalue weighted by Crippen LogP contribution is 2.64. The SMILES string of the molecule is c1ccc(-c2cc(-c3ccccc3)cc(-c3ccc4c(c3)B3c5cc(-c6ccccc6)ccc5N(c5c(-c6ccccc6)cc(-c6ccccc6)c6oc7ccccc7c56)c5cc(-c6ccc7c(c6)C6(c8ccccc8O7)c7ccccc7-c7ccccc76)cc(c53)N4c3c(-c4ccccc4)cc(-c4ccccc4)c4oc5ccccc5c34)c2)cc1. The highest BCUT2D eigenvalue weighted by atomic mass is 16.5. The van der Waals surface area contributed by atoms with E-state index >= 15 is 0 Å². The molecular weight excluding hydrogens is 1470 g/mol. The van der Waals surface area contributed by atoms with Gasteiger partial charge in [-0.1, -0.05) is 346 Å². The Bertz CT molecular complexity index is 7680. The number of rotatable bonds is 11. The van der Waals surface area contributed by atoms with Crippen LogP contribution < -0.4 is 30.9 Å². The van der Waals surface area contributed by atoms with Gasteiger partial charge in [0.05, 0.1) is 27.6 Å². The molecule has 1 spiro atoms. The fourth-order valence-electron chi connectivity index (χ4n) is 20.6. The Balaban J connectivity index is 0.869. The number of hydrogen-bond donors (Lipinski definition) is 0. The molecule has 5 nitrogen and oxygen atoms in total. The molecule has 121 heavy (non-hydrogen) atoms. The van der Waals surface area contributed by atoms with Crippen molar-refractivity contribution in [2.75, 3.05) is 9.80 Å². The molecule has 0 unspecified atom stereocenters. The molecular formula is C115H71BN2O3. The van der Waals surface area contributed by atoms with E-state index in [2.05, 4.69) is 441 Å². The summed E-state index contributed by atoms with van der Waals surface area (Å²) in [5, 5.41) is 4.04. The van der Waals surface area contributed by atoms with E-state index < -0.39 is 12.1 Å². The van der Waals surface area contributed by atoms with E-state index in [1.807, 2.05) is 0 Å². The Hall–Kier alpha value is -15.8. The molecule has 4 aliphatic rings. The van der Waals surface area contributed by atoms with Crippen LogP contribution in [-0.4, -0.2) is 6.71 Å². The van der Waals surface area contributed by atoms with E-state index in [4.69, 9.17) is 13.6 Å². The zero-order valence-corrected chi connectivity index (χ0v) is 65.7. The first kappa shape index (κ1) is 68.5. The van der Waals surface area contributed by atoms with E-state index in [0.717, 1.165) is 217 Å². The van der Waals surface area contributed by atoms with Crippen LogP contribution in [0.1, 0.15) is 22.3 Å². The quantitative estimate of drug-likeness (QED) is 0.121. The summed E-state index contributed by atoms with van der Waals surface area (Å²) in [6.07, 6.45) is 0. The minimum absolute atomic E-state index is 0.407. The molecule has 6 heteroatoms. The van der Waals surface area contributed by atoms with Crippen LogP contribution in [0.25, 0.3) is 155 Å². The third-order valence-electron chi connectivity index (χ3n) is 25.9.